The highest BCUT2D eigenvalue weighted by atomic mass is 16.3. The molecule has 25 heavy (non-hydrogen) atoms. The van der Waals surface area contributed by atoms with Crippen LogP contribution in [0.15, 0.2) is 54.7 Å². The van der Waals surface area contributed by atoms with Crippen molar-refractivity contribution in [2.24, 2.45) is 0 Å². The molecule has 2 heterocycles. The first-order valence-electron chi connectivity index (χ1n) is 8.28. The number of nitrogens with zero attached hydrogens (tertiary/aromatic N) is 2. The normalized spacial score (nSPS) is 15.1. The number of phenolic OH excluding ortho intramolecular Hbond substituents is 1. The van der Waals surface area contributed by atoms with Gasteiger partial charge in [0.1, 0.15) is 11.3 Å². The highest BCUT2D eigenvalue weighted by Gasteiger charge is 2.24. The summed E-state index contributed by atoms with van der Waals surface area (Å²) in [5.74, 6) is 0.110. The minimum absolute atomic E-state index is 0.0461. The zero-order chi connectivity index (χ0) is 17.4. The lowest BCUT2D eigenvalue weighted by atomic mass is 10.0. The van der Waals surface area contributed by atoms with Crippen molar-refractivity contribution in [3.8, 4) is 16.9 Å². The fourth-order valence-electron chi connectivity index (χ4n) is 3.21. The molecular weight excluding hydrogens is 314 g/mol. The van der Waals surface area contributed by atoms with Gasteiger partial charge in [-0.2, -0.15) is 0 Å². The van der Waals surface area contributed by atoms with Crippen molar-refractivity contribution < 1.29 is 9.90 Å². The third-order valence-electron chi connectivity index (χ3n) is 4.56. The molecule has 1 aromatic heterocycles. The van der Waals surface area contributed by atoms with E-state index in [1.54, 1.807) is 12.3 Å². The maximum atomic E-state index is 12.3. The Morgan fingerprint density at radius 1 is 1.16 bits per heavy atom. The van der Waals surface area contributed by atoms with Crippen LogP contribution in [-0.2, 0) is 0 Å². The quantitative estimate of drug-likeness (QED) is 0.773. The van der Waals surface area contributed by atoms with E-state index in [2.05, 4.69) is 15.2 Å². The number of fused-ring (bicyclic) bond motifs is 1. The van der Waals surface area contributed by atoms with Crippen molar-refractivity contribution >= 4 is 16.8 Å². The molecule has 3 aromatic rings. The standard InChI is InChI=1S/C20H19N3O2/c1-23-11-17(12-23)22-20(25)14-6-4-13(5-7-14)16-9-15-3-2-8-21-19(15)18(24)10-16/h2-10,17,24H,11-12H2,1H3,(H,22,25). The lowest BCUT2D eigenvalue weighted by molar-refractivity contribution is 0.0858. The second-order valence-corrected chi connectivity index (χ2v) is 6.54. The van der Waals surface area contributed by atoms with Crippen LogP contribution in [0.3, 0.4) is 0 Å². The molecule has 0 radical (unpaired) electrons. The van der Waals surface area contributed by atoms with Crippen LogP contribution in [0.25, 0.3) is 22.0 Å². The zero-order valence-electron chi connectivity index (χ0n) is 13.9. The van der Waals surface area contributed by atoms with Gasteiger partial charge in [0.2, 0.25) is 0 Å². The molecular formula is C20H19N3O2. The fraction of sp³-hybridized carbons (Fsp3) is 0.200. The van der Waals surface area contributed by atoms with Crippen LogP contribution in [-0.4, -0.2) is 47.1 Å². The van der Waals surface area contributed by atoms with Gasteiger partial charge in [-0.05, 0) is 48.5 Å². The van der Waals surface area contributed by atoms with E-state index in [1.807, 2.05) is 49.5 Å². The van der Waals surface area contributed by atoms with Gasteiger partial charge in [0.25, 0.3) is 5.91 Å². The smallest absolute Gasteiger partial charge is 0.251 e. The number of rotatable bonds is 3. The zero-order valence-corrected chi connectivity index (χ0v) is 13.9. The number of phenols is 1. The molecule has 2 N–H and O–H groups in total. The number of carbonyl (C=O) groups excluding carboxylic acids is 1. The number of aromatic hydroxyl groups is 1. The van der Waals surface area contributed by atoms with Crippen LogP contribution in [0.1, 0.15) is 10.4 Å². The third-order valence-corrected chi connectivity index (χ3v) is 4.56. The van der Waals surface area contributed by atoms with Crippen molar-refractivity contribution in [1.29, 1.82) is 0 Å². The lowest BCUT2D eigenvalue weighted by Crippen LogP contribution is -2.57. The van der Waals surface area contributed by atoms with Gasteiger partial charge in [0.05, 0.1) is 6.04 Å². The van der Waals surface area contributed by atoms with E-state index < -0.39 is 0 Å². The first kappa shape index (κ1) is 15.6. The molecule has 1 amide bonds. The van der Waals surface area contributed by atoms with E-state index in [0.717, 1.165) is 29.6 Å². The van der Waals surface area contributed by atoms with Gasteiger partial charge in [0.15, 0.2) is 0 Å². The molecule has 0 saturated carbocycles. The predicted molar refractivity (Wildman–Crippen MR) is 97.6 cm³/mol. The molecule has 5 nitrogen and oxygen atoms in total. The number of hydrogen-bond donors (Lipinski definition) is 2. The largest absolute Gasteiger partial charge is 0.506 e. The molecule has 1 saturated heterocycles. The molecule has 0 atom stereocenters. The van der Waals surface area contributed by atoms with Crippen LogP contribution < -0.4 is 5.32 Å². The molecule has 1 fully saturated rings. The van der Waals surface area contributed by atoms with Gasteiger partial charge in [-0.1, -0.05) is 18.2 Å². The average Bonchev–Trinajstić information content (AvgIpc) is 2.60. The summed E-state index contributed by atoms with van der Waals surface area (Å²) in [7, 11) is 2.03. The molecule has 4 rings (SSSR count). The lowest BCUT2D eigenvalue weighted by Gasteiger charge is -2.36. The molecule has 1 aliphatic rings. The maximum Gasteiger partial charge on any atom is 0.251 e. The van der Waals surface area contributed by atoms with Crippen LogP contribution in [0.2, 0.25) is 0 Å². The van der Waals surface area contributed by atoms with Gasteiger partial charge >= 0.3 is 0 Å². The molecule has 0 bridgehead atoms. The Balaban J connectivity index is 1.56. The van der Waals surface area contributed by atoms with Gasteiger partial charge in [-0.3, -0.25) is 9.78 Å². The Morgan fingerprint density at radius 2 is 1.92 bits per heavy atom. The highest BCUT2D eigenvalue weighted by molar-refractivity contribution is 5.95. The number of likely N-dealkylation sites (N-methyl/N-ethyl adjacent to an activating group) is 1. The molecule has 0 spiro atoms. The minimum Gasteiger partial charge on any atom is -0.506 e. The Morgan fingerprint density at radius 3 is 2.64 bits per heavy atom. The number of nitrogens with one attached hydrogen (secondary N) is 1. The third kappa shape index (κ3) is 3.06. The predicted octanol–water partition coefficient (Wildman–Crippen LogP) is 2.65. The van der Waals surface area contributed by atoms with Crippen molar-refractivity contribution in [1.82, 2.24) is 15.2 Å². The fourth-order valence-corrected chi connectivity index (χ4v) is 3.21. The highest BCUT2D eigenvalue weighted by Crippen LogP contribution is 2.30. The van der Waals surface area contributed by atoms with Crippen molar-refractivity contribution in [3.05, 3.63) is 60.3 Å². The van der Waals surface area contributed by atoms with Crippen molar-refractivity contribution in [2.75, 3.05) is 20.1 Å². The molecule has 5 heteroatoms. The summed E-state index contributed by atoms with van der Waals surface area (Å²) in [6.07, 6.45) is 1.66. The molecule has 2 aromatic carbocycles. The van der Waals surface area contributed by atoms with Crippen molar-refractivity contribution in [3.63, 3.8) is 0 Å². The Labute approximate surface area is 145 Å². The second-order valence-electron chi connectivity index (χ2n) is 6.54. The van der Waals surface area contributed by atoms with E-state index in [9.17, 15) is 9.90 Å². The number of carbonyl (C=O) groups is 1. The molecule has 126 valence electrons. The summed E-state index contributed by atoms with van der Waals surface area (Å²) in [4.78, 5) is 18.6. The van der Waals surface area contributed by atoms with E-state index in [1.165, 1.54) is 0 Å². The van der Waals surface area contributed by atoms with E-state index in [4.69, 9.17) is 0 Å². The number of pyridine rings is 1. The minimum atomic E-state index is -0.0461. The monoisotopic (exact) mass is 333 g/mol. The summed E-state index contributed by atoms with van der Waals surface area (Å²) >= 11 is 0. The van der Waals surface area contributed by atoms with Gasteiger partial charge in [-0.15, -0.1) is 0 Å². The maximum absolute atomic E-state index is 12.3. The summed E-state index contributed by atoms with van der Waals surface area (Å²) in [5.41, 5.74) is 3.07. The molecule has 0 aliphatic carbocycles. The summed E-state index contributed by atoms with van der Waals surface area (Å²) in [6, 6.07) is 15.1. The number of hydrogen-bond acceptors (Lipinski definition) is 4. The summed E-state index contributed by atoms with van der Waals surface area (Å²) < 4.78 is 0. The van der Waals surface area contributed by atoms with E-state index in [0.29, 0.717) is 11.1 Å². The number of aromatic nitrogens is 1. The average molecular weight is 333 g/mol. The topological polar surface area (TPSA) is 65.5 Å². The summed E-state index contributed by atoms with van der Waals surface area (Å²) in [5, 5.41) is 14.1. The first-order valence-corrected chi connectivity index (χ1v) is 8.28. The van der Waals surface area contributed by atoms with E-state index in [-0.39, 0.29) is 17.7 Å². The molecule has 0 unspecified atom stereocenters. The second kappa shape index (κ2) is 6.18. The van der Waals surface area contributed by atoms with Gasteiger partial charge < -0.3 is 15.3 Å². The number of benzene rings is 2. The van der Waals surface area contributed by atoms with Crippen LogP contribution in [0.4, 0.5) is 0 Å². The number of likely N-dealkylation sites (tertiary alicyclic amines) is 1. The molecule has 1 aliphatic heterocycles. The van der Waals surface area contributed by atoms with Gasteiger partial charge in [-0.25, -0.2) is 0 Å². The Kier molecular flexibility index (Phi) is 3.86. The Hall–Kier alpha value is -2.92. The van der Waals surface area contributed by atoms with Crippen LogP contribution >= 0.6 is 0 Å². The van der Waals surface area contributed by atoms with Crippen LogP contribution in [0, 0.1) is 0 Å². The van der Waals surface area contributed by atoms with E-state index >= 15 is 0 Å². The summed E-state index contributed by atoms with van der Waals surface area (Å²) in [6.45, 7) is 1.79. The number of amides is 1. The Bertz CT molecular complexity index is 931. The van der Waals surface area contributed by atoms with Gasteiger partial charge in [0, 0.05) is 30.2 Å². The first-order chi connectivity index (χ1) is 12.1. The van der Waals surface area contributed by atoms with Crippen molar-refractivity contribution in [2.45, 2.75) is 6.04 Å². The SMILES string of the molecule is CN1CC(NC(=O)c2ccc(-c3cc(O)c4ncccc4c3)cc2)C1. The van der Waals surface area contributed by atoms with Crippen LogP contribution in [0.5, 0.6) is 5.75 Å².